The van der Waals surface area contributed by atoms with Gasteiger partial charge in [-0.05, 0) is 27.2 Å². The van der Waals surface area contributed by atoms with Crippen LogP contribution in [0.15, 0.2) is 17.1 Å². The molecule has 0 unspecified atom stereocenters. The fourth-order valence-electron chi connectivity index (χ4n) is 2.89. The first kappa shape index (κ1) is 16.4. The summed E-state index contributed by atoms with van der Waals surface area (Å²) >= 11 is 0. The molecule has 1 aliphatic heterocycles. The van der Waals surface area contributed by atoms with Crippen molar-refractivity contribution in [2.24, 2.45) is 0 Å². The van der Waals surface area contributed by atoms with Gasteiger partial charge in [0.1, 0.15) is 11.4 Å². The lowest BCUT2D eigenvalue weighted by Gasteiger charge is -2.24. The molecule has 1 fully saturated rings. The molecular weight excluding hydrogens is 312 g/mol. The second-order valence-electron chi connectivity index (χ2n) is 6.92. The molecule has 24 heavy (non-hydrogen) atoms. The van der Waals surface area contributed by atoms with Gasteiger partial charge < -0.3 is 19.4 Å². The zero-order valence-corrected chi connectivity index (χ0v) is 14.3. The number of methoxy groups -OCH3 is 1. The van der Waals surface area contributed by atoms with E-state index in [2.05, 4.69) is 9.97 Å². The molecule has 2 aromatic rings. The summed E-state index contributed by atoms with van der Waals surface area (Å²) in [5, 5.41) is 0. The molecule has 8 nitrogen and oxygen atoms in total. The normalized spacial score (nSPS) is 18.2. The minimum atomic E-state index is -0.537. The number of likely N-dealkylation sites (tertiary alicyclic amines) is 1. The molecule has 3 heterocycles. The molecule has 0 spiro atoms. The smallest absolute Gasteiger partial charge is 0.410 e. The van der Waals surface area contributed by atoms with Crippen LogP contribution in [-0.2, 0) is 4.74 Å². The zero-order chi connectivity index (χ0) is 17.5. The molecule has 3 rings (SSSR count). The fraction of sp³-hybridized carbons (Fsp3) is 0.562. The number of nitrogens with one attached hydrogen (secondary N) is 1. The molecule has 1 N–H and O–H groups in total. The Bertz CT molecular complexity index is 818. The van der Waals surface area contributed by atoms with E-state index in [1.807, 2.05) is 20.8 Å². The predicted molar refractivity (Wildman–Crippen MR) is 88.4 cm³/mol. The summed E-state index contributed by atoms with van der Waals surface area (Å²) in [7, 11) is 1.55. The number of aromatic amines is 1. The lowest BCUT2D eigenvalue weighted by molar-refractivity contribution is 0.0289. The maximum absolute atomic E-state index is 12.3. The summed E-state index contributed by atoms with van der Waals surface area (Å²) in [5.41, 5.74) is 0.416. The second-order valence-corrected chi connectivity index (χ2v) is 6.92. The number of rotatable bonds is 2. The van der Waals surface area contributed by atoms with Crippen LogP contribution >= 0.6 is 0 Å². The largest absolute Gasteiger partial charge is 0.495 e. The highest BCUT2D eigenvalue weighted by Crippen LogP contribution is 2.25. The Morgan fingerprint density at radius 3 is 2.83 bits per heavy atom. The van der Waals surface area contributed by atoms with E-state index in [0.717, 1.165) is 0 Å². The summed E-state index contributed by atoms with van der Waals surface area (Å²) in [6, 6.07) is 1.61. The number of fused-ring (bicyclic) bond motifs is 1. The fourth-order valence-corrected chi connectivity index (χ4v) is 2.89. The number of hydrogen-bond donors (Lipinski definition) is 1. The van der Waals surface area contributed by atoms with Gasteiger partial charge in [-0.1, -0.05) is 0 Å². The number of amides is 1. The Balaban J connectivity index is 1.83. The van der Waals surface area contributed by atoms with E-state index >= 15 is 0 Å². The van der Waals surface area contributed by atoms with Gasteiger partial charge in [-0.3, -0.25) is 4.57 Å². The summed E-state index contributed by atoms with van der Waals surface area (Å²) in [6.07, 6.45) is 1.90. The summed E-state index contributed by atoms with van der Waals surface area (Å²) in [4.78, 5) is 33.2. The third kappa shape index (κ3) is 3.08. The number of imidazole rings is 1. The van der Waals surface area contributed by atoms with E-state index in [4.69, 9.17) is 9.47 Å². The van der Waals surface area contributed by atoms with Crippen molar-refractivity contribution < 1.29 is 14.3 Å². The van der Waals surface area contributed by atoms with Crippen molar-refractivity contribution in [2.45, 2.75) is 38.8 Å². The molecule has 0 aliphatic carbocycles. The van der Waals surface area contributed by atoms with Crippen molar-refractivity contribution in [1.29, 1.82) is 0 Å². The highest BCUT2D eigenvalue weighted by atomic mass is 16.6. The Labute approximate surface area is 139 Å². The molecule has 0 aromatic carbocycles. The van der Waals surface area contributed by atoms with E-state index in [9.17, 15) is 9.59 Å². The average Bonchev–Trinajstić information content (AvgIpc) is 3.07. The summed E-state index contributed by atoms with van der Waals surface area (Å²) in [5.74, 6) is 0.581. The van der Waals surface area contributed by atoms with Gasteiger partial charge in [-0.25, -0.2) is 14.6 Å². The Kier molecular flexibility index (Phi) is 3.98. The van der Waals surface area contributed by atoms with E-state index < -0.39 is 5.60 Å². The number of pyridine rings is 1. The molecule has 1 atom stereocenters. The number of carbonyl (C=O) groups is 1. The van der Waals surface area contributed by atoms with Gasteiger partial charge in [-0.2, -0.15) is 0 Å². The van der Waals surface area contributed by atoms with Crippen LogP contribution in [0.1, 0.15) is 33.2 Å². The number of nitrogens with zero attached hydrogens (tertiary/aromatic N) is 3. The average molecular weight is 334 g/mol. The van der Waals surface area contributed by atoms with Crippen LogP contribution in [0.2, 0.25) is 0 Å². The lowest BCUT2D eigenvalue weighted by atomic mass is 10.2. The Morgan fingerprint density at radius 2 is 2.17 bits per heavy atom. The van der Waals surface area contributed by atoms with Crippen LogP contribution in [0.3, 0.4) is 0 Å². The van der Waals surface area contributed by atoms with E-state index in [1.54, 1.807) is 28.8 Å². The van der Waals surface area contributed by atoms with Gasteiger partial charge in [0, 0.05) is 19.2 Å². The first-order valence-corrected chi connectivity index (χ1v) is 7.90. The molecule has 2 aromatic heterocycles. The van der Waals surface area contributed by atoms with Crippen molar-refractivity contribution in [3.8, 4) is 5.75 Å². The quantitative estimate of drug-likeness (QED) is 0.906. The number of hydrogen-bond acceptors (Lipinski definition) is 5. The predicted octanol–water partition coefficient (Wildman–Crippen LogP) is 1.92. The second kappa shape index (κ2) is 5.85. The molecule has 130 valence electrons. The van der Waals surface area contributed by atoms with Gasteiger partial charge >= 0.3 is 11.8 Å². The third-order valence-electron chi connectivity index (χ3n) is 3.95. The monoisotopic (exact) mass is 334 g/mol. The van der Waals surface area contributed by atoms with Gasteiger partial charge in [0.15, 0.2) is 5.65 Å². The molecule has 1 amide bonds. The first-order valence-electron chi connectivity index (χ1n) is 7.90. The van der Waals surface area contributed by atoms with Gasteiger partial charge in [0.25, 0.3) is 0 Å². The molecule has 0 bridgehead atoms. The minimum absolute atomic E-state index is 0.125. The third-order valence-corrected chi connectivity index (χ3v) is 3.95. The summed E-state index contributed by atoms with van der Waals surface area (Å²) in [6.45, 7) is 6.48. The molecule has 0 saturated carbocycles. The number of H-pyrrole nitrogens is 1. The number of carbonyl (C=O) groups excluding carboxylic acids is 1. The first-order chi connectivity index (χ1) is 11.3. The number of ether oxygens (including phenoxy) is 2. The Hall–Kier alpha value is -2.51. The topological polar surface area (TPSA) is 89.5 Å². The van der Waals surface area contributed by atoms with Crippen LogP contribution < -0.4 is 10.4 Å². The van der Waals surface area contributed by atoms with Crippen LogP contribution in [0.4, 0.5) is 4.79 Å². The Morgan fingerprint density at radius 1 is 1.42 bits per heavy atom. The van der Waals surface area contributed by atoms with Crippen LogP contribution in [0.5, 0.6) is 5.75 Å². The van der Waals surface area contributed by atoms with Crippen molar-refractivity contribution in [2.75, 3.05) is 20.2 Å². The van der Waals surface area contributed by atoms with Gasteiger partial charge in [0.2, 0.25) is 0 Å². The van der Waals surface area contributed by atoms with Crippen LogP contribution in [0, 0.1) is 0 Å². The SMILES string of the molecule is COc1cnc2c(c1)[nH]c(=O)n2[C@H]1CCN(C(=O)OC(C)(C)C)C1. The van der Waals surface area contributed by atoms with E-state index in [0.29, 0.717) is 36.4 Å². The van der Waals surface area contributed by atoms with Crippen LogP contribution in [0.25, 0.3) is 11.2 Å². The standard InChI is InChI=1S/C16H22N4O4/c1-16(2,3)24-15(22)19-6-5-10(9-19)20-13-12(18-14(20)21)7-11(23-4)8-17-13/h7-8,10H,5-6,9H2,1-4H3,(H,18,21)/t10-/m0/s1. The van der Waals surface area contributed by atoms with Crippen molar-refractivity contribution in [3.05, 3.63) is 22.7 Å². The molecule has 8 heteroatoms. The lowest BCUT2D eigenvalue weighted by Crippen LogP contribution is -2.36. The van der Waals surface area contributed by atoms with Crippen molar-refractivity contribution in [3.63, 3.8) is 0 Å². The molecule has 1 saturated heterocycles. The van der Waals surface area contributed by atoms with Crippen molar-refractivity contribution >= 4 is 17.3 Å². The zero-order valence-electron chi connectivity index (χ0n) is 14.3. The minimum Gasteiger partial charge on any atom is -0.495 e. The molecular formula is C16H22N4O4. The van der Waals surface area contributed by atoms with Gasteiger partial charge in [0.05, 0.1) is 24.9 Å². The van der Waals surface area contributed by atoms with E-state index in [-0.39, 0.29) is 17.8 Å². The van der Waals surface area contributed by atoms with E-state index in [1.165, 1.54) is 0 Å². The molecule has 1 aliphatic rings. The molecule has 0 radical (unpaired) electrons. The maximum atomic E-state index is 12.3. The summed E-state index contributed by atoms with van der Waals surface area (Å²) < 4.78 is 12.1. The highest BCUT2D eigenvalue weighted by molar-refractivity contribution is 5.72. The number of aromatic nitrogens is 3. The highest BCUT2D eigenvalue weighted by Gasteiger charge is 2.32. The van der Waals surface area contributed by atoms with Gasteiger partial charge in [-0.15, -0.1) is 0 Å². The van der Waals surface area contributed by atoms with Crippen LogP contribution in [-0.4, -0.2) is 51.3 Å². The maximum Gasteiger partial charge on any atom is 0.410 e. The van der Waals surface area contributed by atoms with Crippen molar-refractivity contribution in [1.82, 2.24) is 19.4 Å².